The Balaban J connectivity index is 1.75. The molecule has 3 rings (SSSR count). The number of benzene rings is 1. The normalized spacial score (nSPS) is 17.2. The van der Waals surface area contributed by atoms with Gasteiger partial charge in [-0.3, -0.25) is 4.90 Å². The summed E-state index contributed by atoms with van der Waals surface area (Å²) >= 11 is 1.66. The summed E-state index contributed by atoms with van der Waals surface area (Å²) in [7, 11) is 7.03. The Labute approximate surface area is 177 Å². The van der Waals surface area contributed by atoms with E-state index in [1.165, 1.54) is 0 Å². The lowest BCUT2D eigenvalue weighted by molar-refractivity contribution is 0.192. The van der Waals surface area contributed by atoms with Crippen molar-refractivity contribution >= 4 is 11.8 Å². The molecule has 158 valence electrons. The maximum Gasteiger partial charge on any atom is 0.191 e. The Morgan fingerprint density at radius 1 is 1.14 bits per heavy atom. The van der Waals surface area contributed by atoms with Crippen molar-refractivity contribution in [2.24, 2.45) is 7.05 Å². The predicted octanol–water partition coefficient (Wildman–Crippen LogP) is 3.50. The van der Waals surface area contributed by atoms with Crippen molar-refractivity contribution in [2.75, 3.05) is 40.2 Å². The summed E-state index contributed by atoms with van der Waals surface area (Å²) in [6.45, 7) is 6.55. The van der Waals surface area contributed by atoms with Crippen LogP contribution in [0.4, 0.5) is 0 Å². The quantitative estimate of drug-likeness (QED) is 0.456. The van der Waals surface area contributed by atoms with Crippen molar-refractivity contribution in [2.45, 2.75) is 30.5 Å². The highest BCUT2D eigenvalue weighted by atomic mass is 32.2. The van der Waals surface area contributed by atoms with E-state index in [-0.39, 0.29) is 0 Å². The van der Waals surface area contributed by atoms with Crippen LogP contribution in [0.1, 0.15) is 30.1 Å². The third-order valence-corrected chi connectivity index (χ3v) is 6.27. The van der Waals surface area contributed by atoms with Gasteiger partial charge in [-0.1, -0.05) is 17.8 Å². The van der Waals surface area contributed by atoms with E-state index in [0.29, 0.717) is 17.4 Å². The predicted molar refractivity (Wildman–Crippen MR) is 115 cm³/mol. The number of hydrogen-bond donors (Lipinski definition) is 0. The van der Waals surface area contributed by atoms with E-state index >= 15 is 0 Å². The first-order valence-electron chi connectivity index (χ1n) is 9.75. The Morgan fingerprint density at radius 2 is 1.86 bits per heavy atom. The summed E-state index contributed by atoms with van der Waals surface area (Å²) in [5.41, 5.74) is 1.09. The fraction of sp³-hybridized carbons (Fsp3) is 0.524. The number of rotatable bonds is 9. The van der Waals surface area contributed by atoms with Gasteiger partial charge in [0.15, 0.2) is 16.7 Å². The van der Waals surface area contributed by atoms with Crippen LogP contribution in [0, 0.1) is 0 Å². The molecule has 0 N–H and O–H groups in total. The molecule has 0 aliphatic carbocycles. The number of piperidine rings is 1. The van der Waals surface area contributed by atoms with Gasteiger partial charge in [-0.15, -0.1) is 16.8 Å². The lowest BCUT2D eigenvalue weighted by Crippen LogP contribution is -2.35. The third kappa shape index (κ3) is 4.87. The van der Waals surface area contributed by atoms with Crippen molar-refractivity contribution in [1.29, 1.82) is 0 Å². The summed E-state index contributed by atoms with van der Waals surface area (Å²) in [6.07, 6.45) is 4.14. The fourth-order valence-electron chi connectivity index (χ4n) is 3.81. The molecule has 2 heterocycles. The van der Waals surface area contributed by atoms with Gasteiger partial charge >= 0.3 is 0 Å². The molecule has 7 nitrogen and oxygen atoms in total. The zero-order valence-electron chi connectivity index (χ0n) is 17.7. The minimum absolute atomic E-state index is 0.366. The van der Waals surface area contributed by atoms with Crippen molar-refractivity contribution in [3.63, 3.8) is 0 Å². The molecule has 29 heavy (non-hydrogen) atoms. The van der Waals surface area contributed by atoms with Crippen LogP contribution in [0.25, 0.3) is 0 Å². The Morgan fingerprint density at radius 3 is 2.55 bits per heavy atom. The van der Waals surface area contributed by atoms with E-state index in [0.717, 1.165) is 60.5 Å². The highest BCUT2D eigenvalue weighted by Gasteiger charge is 2.27. The van der Waals surface area contributed by atoms with E-state index in [2.05, 4.69) is 33.3 Å². The average molecular weight is 419 g/mol. The monoisotopic (exact) mass is 418 g/mol. The van der Waals surface area contributed by atoms with Crippen LogP contribution < -0.4 is 14.2 Å². The van der Waals surface area contributed by atoms with Crippen molar-refractivity contribution in [3.05, 3.63) is 36.2 Å². The van der Waals surface area contributed by atoms with Gasteiger partial charge < -0.3 is 18.8 Å². The topological polar surface area (TPSA) is 61.6 Å². The van der Waals surface area contributed by atoms with Gasteiger partial charge in [0.2, 0.25) is 0 Å². The summed E-state index contributed by atoms with van der Waals surface area (Å²) in [5.74, 6) is 4.46. The number of hydrogen-bond acceptors (Lipinski definition) is 7. The minimum atomic E-state index is 0.366. The maximum absolute atomic E-state index is 5.60. The van der Waals surface area contributed by atoms with E-state index in [4.69, 9.17) is 14.2 Å². The van der Waals surface area contributed by atoms with Gasteiger partial charge in [0, 0.05) is 43.4 Å². The molecule has 8 heteroatoms. The van der Waals surface area contributed by atoms with Crippen LogP contribution in [0.15, 0.2) is 29.9 Å². The summed E-state index contributed by atoms with van der Waals surface area (Å²) < 4.78 is 18.6. The number of ether oxygens (including phenoxy) is 3. The molecule has 0 bridgehead atoms. The lowest BCUT2D eigenvalue weighted by Gasteiger charge is -2.32. The van der Waals surface area contributed by atoms with Gasteiger partial charge in [0.05, 0.1) is 21.3 Å². The molecule has 1 saturated heterocycles. The van der Waals surface area contributed by atoms with E-state index < -0.39 is 0 Å². The maximum atomic E-state index is 5.60. The first kappa shape index (κ1) is 21.5. The van der Waals surface area contributed by atoms with Crippen LogP contribution in [-0.4, -0.2) is 59.8 Å². The van der Waals surface area contributed by atoms with E-state index in [1.807, 2.05) is 18.2 Å². The summed E-state index contributed by atoms with van der Waals surface area (Å²) in [5, 5.41) is 9.80. The second-order valence-electron chi connectivity index (χ2n) is 7.09. The molecule has 1 aromatic carbocycles. The number of methoxy groups -OCH3 is 3. The largest absolute Gasteiger partial charge is 0.496 e. The van der Waals surface area contributed by atoms with Crippen LogP contribution in [0.5, 0.6) is 17.2 Å². The number of nitrogens with zero attached hydrogens (tertiary/aromatic N) is 4. The SMILES string of the molecule is C=CCSc1nnc([C@@H]2CCCN(Cc3cc(OC)c(OC)cc3OC)C2)n1C. The van der Waals surface area contributed by atoms with Crippen LogP contribution in [-0.2, 0) is 13.6 Å². The second-order valence-corrected chi connectivity index (χ2v) is 8.08. The highest BCUT2D eigenvalue weighted by molar-refractivity contribution is 7.99. The lowest BCUT2D eigenvalue weighted by atomic mass is 9.96. The van der Waals surface area contributed by atoms with E-state index in [9.17, 15) is 0 Å². The third-order valence-electron chi connectivity index (χ3n) is 5.25. The average Bonchev–Trinajstić information content (AvgIpc) is 3.12. The first-order valence-corrected chi connectivity index (χ1v) is 10.7. The van der Waals surface area contributed by atoms with Crippen LogP contribution >= 0.6 is 11.8 Å². The molecule has 1 aromatic heterocycles. The molecule has 0 radical (unpaired) electrons. The molecule has 1 aliphatic heterocycles. The van der Waals surface area contributed by atoms with Gasteiger partial charge in [0.25, 0.3) is 0 Å². The molecule has 1 atom stereocenters. The molecule has 0 saturated carbocycles. The zero-order chi connectivity index (χ0) is 20.8. The highest BCUT2D eigenvalue weighted by Crippen LogP contribution is 2.36. The van der Waals surface area contributed by atoms with Gasteiger partial charge in [-0.2, -0.15) is 0 Å². The molecular formula is C21H30N4O3S. The summed E-state index contributed by atoms with van der Waals surface area (Å²) in [4.78, 5) is 2.45. The second kappa shape index (κ2) is 10.0. The number of aromatic nitrogens is 3. The molecule has 0 spiro atoms. The Kier molecular flexibility index (Phi) is 7.44. The van der Waals surface area contributed by atoms with Gasteiger partial charge in [-0.25, -0.2) is 0 Å². The summed E-state index contributed by atoms with van der Waals surface area (Å²) in [6, 6.07) is 3.90. The van der Waals surface area contributed by atoms with Crippen molar-refractivity contribution in [1.82, 2.24) is 19.7 Å². The van der Waals surface area contributed by atoms with Crippen LogP contribution in [0.2, 0.25) is 0 Å². The van der Waals surface area contributed by atoms with Gasteiger partial charge in [0.1, 0.15) is 11.6 Å². The molecule has 1 fully saturated rings. The van der Waals surface area contributed by atoms with Gasteiger partial charge in [-0.05, 0) is 25.5 Å². The zero-order valence-corrected chi connectivity index (χ0v) is 18.5. The first-order chi connectivity index (χ1) is 14.1. The van der Waals surface area contributed by atoms with Crippen LogP contribution in [0.3, 0.4) is 0 Å². The molecule has 0 amide bonds. The molecular weight excluding hydrogens is 388 g/mol. The standard InChI is InChI=1S/C21H30N4O3S/c1-6-10-29-21-23-22-20(24(21)2)15-8-7-9-25(13-15)14-16-11-18(27-4)19(28-5)12-17(16)26-3/h6,11-12,15H,1,7-10,13-14H2,2-5H3/t15-/m1/s1. The molecule has 2 aromatic rings. The minimum Gasteiger partial charge on any atom is -0.496 e. The number of thioether (sulfide) groups is 1. The fourth-order valence-corrected chi connectivity index (χ4v) is 4.46. The van der Waals surface area contributed by atoms with Crippen molar-refractivity contribution in [3.8, 4) is 17.2 Å². The molecule has 1 aliphatic rings. The number of likely N-dealkylation sites (tertiary alicyclic amines) is 1. The smallest absolute Gasteiger partial charge is 0.191 e. The molecule has 0 unspecified atom stereocenters. The Bertz CT molecular complexity index is 840. The van der Waals surface area contributed by atoms with E-state index in [1.54, 1.807) is 33.1 Å². The van der Waals surface area contributed by atoms with Crippen molar-refractivity contribution < 1.29 is 14.2 Å². The Hall–Kier alpha value is -2.19.